The van der Waals surface area contributed by atoms with Gasteiger partial charge in [-0.2, -0.15) is 11.8 Å². The summed E-state index contributed by atoms with van der Waals surface area (Å²) in [5, 5.41) is 30.8. The van der Waals surface area contributed by atoms with Crippen LogP contribution in [0.2, 0.25) is 0 Å². The van der Waals surface area contributed by atoms with E-state index in [0.717, 1.165) is 0 Å². The maximum Gasteiger partial charge on any atom is 0.326 e. The summed E-state index contributed by atoms with van der Waals surface area (Å²) in [6.07, 6.45) is 1.67. The molecule has 0 unspecified atom stereocenters. The maximum atomic E-state index is 13.0. The van der Waals surface area contributed by atoms with E-state index < -0.39 is 84.6 Å². The highest BCUT2D eigenvalue weighted by atomic mass is 32.2. The number of thioether (sulfide) groups is 1. The van der Waals surface area contributed by atoms with Gasteiger partial charge in [-0.05, 0) is 61.8 Å². The van der Waals surface area contributed by atoms with Crippen LogP contribution in [0.15, 0.2) is 24.3 Å². The van der Waals surface area contributed by atoms with E-state index in [2.05, 4.69) is 26.6 Å². The second-order valence-corrected chi connectivity index (χ2v) is 12.1. The fraction of sp³-hybridized carbons (Fsp3) is 0.552. The van der Waals surface area contributed by atoms with E-state index in [9.17, 15) is 43.8 Å². The lowest BCUT2D eigenvalue weighted by atomic mass is 10.0. The molecule has 0 spiro atoms. The van der Waals surface area contributed by atoms with Crippen molar-refractivity contribution in [2.24, 2.45) is 17.4 Å². The van der Waals surface area contributed by atoms with Crippen LogP contribution in [0, 0.1) is 5.92 Å². The Morgan fingerprint density at radius 3 is 1.96 bits per heavy atom. The maximum absolute atomic E-state index is 13.0. The lowest BCUT2D eigenvalue weighted by Crippen LogP contribution is -2.56. The topological polar surface area (TPSA) is 272 Å². The van der Waals surface area contributed by atoms with Crippen molar-refractivity contribution in [1.82, 2.24) is 26.6 Å². The minimum Gasteiger partial charge on any atom is -0.508 e. The molecular weight excluding hydrogens is 622 g/mol. The summed E-state index contributed by atoms with van der Waals surface area (Å²) in [7, 11) is 0. The molecule has 0 saturated carbocycles. The Labute approximate surface area is 271 Å². The molecule has 0 aliphatic heterocycles. The fourth-order valence-electron chi connectivity index (χ4n) is 4.08. The zero-order valence-electron chi connectivity index (χ0n) is 26.3. The zero-order valence-corrected chi connectivity index (χ0v) is 27.1. The van der Waals surface area contributed by atoms with Gasteiger partial charge in [0.1, 0.15) is 29.9 Å². The van der Waals surface area contributed by atoms with Crippen LogP contribution >= 0.6 is 11.8 Å². The van der Waals surface area contributed by atoms with Gasteiger partial charge < -0.3 is 48.3 Å². The number of benzene rings is 1. The molecule has 0 aliphatic carbocycles. The van der Waals surface area contributed by atoms with E-state index in [1.165, 1.54) is 30.8 Å². The van der Waals surface area contributed by atoms with Crippen LogP contribution in [0.3, 0.4) is 0 Å². The first-order chi connectivity index (χ1) is 21.5. The molecule has 0 aliphatic rings. The number of hydrogen-bond donors (Lipinski definition) is 9. The number of phenols is 1. The Hall–Kier alpha value is -4.38. The summed E-state index contributed by atoms with van der Waals surface area (Å²) < 4.78 is 0. The second kappa shape index (κ2) is 19.9. The molecule has 1 rings (SSSR count). The van der Waals surface area contributed by atoms with Crippen molar-refractivity contribution in [3.05, 3.63) is 29.8 Å². The molecule has 1 aromatic carbocycles. The second-order valence-electron chi connectivity index (χ2n) is 11.1. The Bertz CT molecular complexity index is 1230. The monoisotopic (exact) mass is 667 g/mol. The molecular formula is C29H45N7O9S. The minimum atomic E-state index is -1.58. The molecule has 5 atom stereocenters. The van der Waals surface area contributed by atoms with Crippen LogP contribution in [0.25, 0.3) is 0 Å². The summed E-state index contributed by atoms with van der Waals surface area (Å²) in [6, 6.07) is 0.353. The van der Waals surface area contributed by atoms with Crippen LogP contribution in [-0.2, 0) is 40.0 Å². The first-order valence-electron chi connectivity index (χ1n) is 14.6. The van der Waals surface area contributed by atoms with Crippen LogP contribution < -0.4 is 38.1 Å². The quantitative estimate of drug-likeness (QED) is 0.0741. The molecule has 0 saturated heterocycles. The average molecular weight is 668 g/mol. The number of aromatic hydroxyl groups is 1. The number of amides is 6. The number of aliphatic carboxylic acids is 1. The normalized spacial score (nSPS) is 14.1. The number of hydrogen-bond acceptors (Lipinski definition) is 10. The van der Waals surface area contributed by atoms with Crippen molar-refractivity contribution in [2.75, 3.05) is 18.6 Å². The van der Waals surface area contributed by atoms with Crippen molar-refractivity contribution >= 4 is 53.2 Å². The number of carbonyl (C=O) groups is 7. The lowest BCUT2D eigenvalue weighted by molar-refractivity contribution is -0.143. The van der Waals surface area contributed by atoms with Gasteiger partial charge in [-0.25, -0.2) is 4.79 Å². The number of carbonyl (C=O) groups excluding carboxylic acids is 6. The Morgan fingerprint density at radius 2 is 1.41 bits per heavy atom. The Morgan fingerprint density at radius 1 is 0.826 bits per heavy atom. The van der Waals surface area contributed by atoms with Gasteiger partial charge in [0.15, 0.2) is 0 Å². The predicted molar refractivity (Wildman–Crippen MR) is 170 cm³/mol. The molecule has 0 bridgehead atoms. The molecule has 17 heteroatoms. The first kappa shape index (κ1) is 39.6. The number of nitrogens with one attached hydrogen (secondary N) is 5. The molecule has 46 heavy (non-hydrogen) atoms. The van der Waals surface area contributed by atoms with Crippen molar-refractivity contribution in [3.8, 4) is 5.75 Å². The molecule has 1 aromatic rings. The van der Waals surface area contributed by atoms with Crippen molar-refractivity contribution in [3.63, 3.8) is 0 Å². The van der Waals surface area contributed by atoms with E-state index in [4.69, 9.17) is 11.5 Å². The van der Waals surface area contributed by atoms with E-state index >= 15 is 0 Å². The minimum absolute atomic E-state index is 0.00460. The fourth-order valence-corrected chi connectivity index (χ4v) is 4.56. The number of phenolic OH excluding ortho intramolecular Hbond substituents is 1. The van der Waals surface area contributed by atoms with Gasteiger partial charge in [-0.15, -0.1) is 0 Å². The molecule has 6 amide bonds. The number of primary amides is 1. The van der Waals surface area contributed by atoms with Gasteiger partial charge in [-0.3, -0.25) is 28.8 Å². The number of rotatable bonds is 20. The summed E-state index contributed by atoms with van der Waals surface area (Å²) in [5.74, 6) is -5.46. The molecule has 0 heterocycles. The molecule has 16 nitrogen and oxygen atoms in total. The zero-order chi connectivity index (χ0) is 35.0. The number of carboxylic acid groups (broad SMARTS) is 1. The Balaban J connectivity index is 2.75. The molecule has 11 N–H and O–H groups in total. The highest BCUT2D eigenvalue weighted by molar-refractivity contribution is 7.98. The average Bonchev–Trinajstić information content (AvgIpc) is 2.97. The lowest BCUT2D eigenvalue weighted by Gasteiger charge is -2.24. The molecule has 0 fully saturated rings. The van der Waals surface area contributed by atoms with Crippen molar-refractivity contribution < 1.29 is 43.8 Å². The highest BCUT2D eigenvalue weighted by Crippen LogP contribution is 2.12. The first-order valence-corrected chi connectivity index (χ1v) is 15.9. The van der Waals surface area contributed by atoms with Gasteiger partial charge in [0, 0.05) is 0 Å². The van der Waals surface area contributed by atoms with Crippen LogP contribution in [0.4, 0.5) is 0 Å². The van der Waals surface area contributed by atoms with Crippen LogP contribution in [-0.4, -0.2) is 100 Å². The predicted octanol–water partition coefficient (Wildman–Crippen LogP) is -1.90. The van der Waals surface area contributed by atoms with Crippen molar-refractivity contribution in [1.29, 1.82) is 0 Å². The summed E-state index contributed by atoms with van der Waals surface area (Å²) in [5.41, 5.74) is 11.8. The van der Waals surface area contributed by atoms with Crippen LogP contribution in [0.1, 0.15) is 45.6 Å². The summed E-state index contributed by atoms with van der Waals surface area (Å²) >= 11 is 1.38. The van der Waals surface area contributed by atoms with Crippen molar-refractivity contribution in [2.45, 2.75) is 76.7 Å². The van der Waals surface area contributed by atoms with Gasteiger partial charge in [0.05, 0.1) is 19.0 Å². The molecule has 0 radical (unpaired) electrons. The Kier molecular flexibility index (Phi) is 17.1. The van der Waals surface area contributed by atoms with Crippen LogP contribution in [0.5, 0.6) is 5.75 Å². The van der Waals surface area contributed by atoms with Gasteiger partial charge >= 0.3 is 5.97 Å². The third kappa shape index (κ3) is 15.1. The smallest absolute Gasteiger partial charge is 0.326 e. The van der Waals surface area contributed by atoms with Gasteiger partial charge in [-0.1, -0.05) is 26.0 Å². The number of carboxylic acids is 1. The summed E-state index contributed by atoms with van der Waals surface area (Å²) in [4.78, 5) is 86.3. The largest absolute Gasteiger partial charge is 0.508 e. The number of nitrogens with two attached hydrogens (primary N) is 2. The van der Waals surface area contributed by atoms with E-state index in [0.29, 0.717) is 11.3 Å². The third-order valence-electron chi connectivity index (χ3n) is 6.53. The van der Waals surface area contributed by atoms with E-state index in [-0.39, 0.29) is 30.9 Å². The third-order valence-corrected chi connectivity index (χ3v) is 7.17. The van der Waals surface area contributed by atoms with Gasteiger partial charge in [0.2, 0.25) is 35.4 Å². The summed E-state index contributed by atoms with van der Waals surface area (Å²) in [6.45, 7) is 4.52. The van der Waals surface area contributed by atoms with E-state index in [1.54, 1.807) is 18.4 Å². The standard InChI is InChI=1S/C29H45N7O9S/c1-15(2)11-21(35-26(41)19(30)12-17-5-7-18(37)8-6-17)28(43)33-16(3)25(40)32-14-24(39)34-20(9-10-46-4)27(42)36-22(29(44)45)13-23(31)38/h5-8,15-16,19-22,37H,9-14,30H2,1-4H3,(H2,31,38)(H,32,40)(H,33,43)(H,34,39)(H,35,41)(H,36,42)(H,44,45)/t16-,19-,20-,21-,22-/m0/s1. The molecule has 256 valence electrons. The van der Waals surface area contributed by atoms with Gasteiger partial charge in [0.25, 0.3) is 0 Å². The highest BCUT2D eigenvalue weighted by Gasteiger charge is 2.29. The SMILES string of the molecule is CSCC[C@H](NC(=O)CNC(=O)[C@H](C)NC(=O)[C@H](CC(C)C)NC(=O)[C@@H](N)Cc1ccc(O)cc1)C(=O)N[C@@H](CC(N)=O)C(=O)O. The van der Waals surface area contributed by atoms with E-state index in [1.807, 2.05) is 13.8 Å². The molecule has 0 aromatic heterocycles.